The molecule has 1 N–H and O–H groups in total. The summed E-state index contributed by atoms with van der Waals surface area (Å²) in [6, 6.07) is 4.70. The molecule has 33 heavy (non-hydrogen) atoms. The van der Waals surface area contributed by atoms with Crippen molar-refractivity contribution in [2.24, 2.45) is 5.41 Å². The van der Waals surface area contributed by atoms with Gasteiger partial charge >= 0.3 is 11.9 Å². The molecule has 3 aromatic rings. The zero-order valence-corrected chi connectivity index (χ0v) is 20.0. The smallest absolute Gasteiger partial charge is 0.361 e. The Morgan fingerprint density at radius 2 is 1.76 bits per heavy atom. The van der Waals surface area contributed by atoms with E-state index in [1.165, 1.54) is 23.0 Å². The molecule has 0 aliphatic rings. The first-order valence-corrected chi connectivity index (χ1v) is 10.6. The number of esters is 2. The van der Waals surface area contributed by atoms with Crippen LogP contribution in [0.25, 0.3) is 5.52 Å². The molecule has 0 unspecified atom stereocenters. The predicted octanol–water partition coefficient (Wildman–Crippen LogP) is 4.21. The van der Waals surface area contributed by atoms with Gasteiger partial charge in [0.1, 0.15) is 5.82 Å². The normalized spacial score (nSPS) is 11.3. The molecule has 0 aliphatic carbocycles. The standard InChI is InChI=1S/C22H22Cl2N4O5/c1-22(2,3)21(31)33-11-32-20(30)16-8-17-12(5-6-19(25-4)28(17)27-16)18(29)7-13-14(23)9-26-10-15(13)24/h5-6,8-10,25H,7,11H2,1-4H3. The number of Topliss-reactive ketones (excluding diaryl/α,β-unsaturated/α-hetero) is 1. The van der Waals surface area contributed by atoms with E-state index in [-0.39, 0.29) is 27.9 Å². The van der Waals surface area contributed by atoms with Gasteiger partial charge in [-0.05, 0) is 39.0 Å². The molecule has 0 bridgehead atoms. The van der Waals surface area contributed by atoms with Gasteiger partial charge in [-0.1, -0.05) is 23.2 Å². The number of hydrogen-bond acceptors (Lipinski definition) is 8. The number of fused-ring (bicyclic) bond motifs is 1. The highest BCUT2D eigenvalue weighted by Gasteiger charge is 2.24. The summed E-state index contributed by atoms with van der Waals surface area (Å²) in [5.41, 5.74) is 0.357. The van der Waals surface area contributed by atoms with Crippen molar-refractivity contribution in [3.8, 4) is 0 Å². The number of pyridine rings is 2. The fourth-order valence-corrected chi connectivity index (χ4v) is 3.39. The third-order valence-electron chi connectivity index (χ3n) is 4.67. The van der Waals surface area contributed by atoms with Crippen LogP contribution in [0.5, 0.6) is 0 Å². The van der Waals surface area contributed by atoms with Crippen molar-refractivity contribution in [3.05, 3.63) is 57.5 Å². The second-order valence-electron chi connectivity index (χ2n) is 8.12. The minimum absolute atomic E-state index is 0.0569. The van der Waals surface area contributed by atoms with Gasteiger partial charge < -0.3 is 14.8 Å². The summed E-state index contributed by atoms with van der Waals surface area (Å²) >= 11 is 12.3. The molecule has 0 aromatic carbocycles. The van der Waals surface area contributed by atoms with Gasteiger partial charge in [0, 0.05) is 37.0 Å². The summed E-state index contributed by atoms with van der Waals surface area (Å²) in [7, 11) is 1.68. The van der Waals surface area contributed by atoms with E-state index in [1.807, 2.05) is 0 Å². The van der Waals surface area contributed by atoms with E-state index >= 15 is 0 Å². The van der Waals surface area contributed by atoms with E-state index in [0.29, 0.717) is 22.5 Å². The molecule has 0 saturated heterocycles. The molecular formula is C22H22Cl2N4O5. The van der Waals surface area contributed by atoms with E-state index in [0.717, 1.165) is 0 Å². The third-order valence-corrected chi connectivity index (χ3v) is 5.32. The van der Waals surface area contributed by atoms with E-state index < -0.39 is 24.1 Å². The first kappa shape index (κ1) is 24.5. The number of nitrogens with one attached hydrogen (secondary N) is 1. The maximum absolute atomic E-state index is 13.1. The monoisotopic (exact) mass is 492 g/mol. The number of hydrogen-bond donors (Lipinski definition) is 1. The lowest BCUT2D eigenvalue weighted by Gasteiger charge is -2.15. The number of anilines is 1. The van der Waals surface area contributed by atoms with Crippen LogP contribution in [0.15, 0.2) is 30.6 Å². The van der Waals surface area contributed by atoms with Crippen molar-refractivity contribution >= 4 is 52.3 Å². The Balaban J connectivity index is 1.87. The number of ketones is 1. The van der Waals surface area contributed by atoms with Gasteiger partial charge in [-0.3, -0.25) is 14.6 Å². The largest absolute Gasteiger partial charge is 0.427 e. The molecule has 0 atom stereocenters. The summed E-state index contributed by atoms with van der Waals surface area (Å²) in [5.74, 6) is -1.05. The van der Waals surface area contributed by atoms with Crippen LogP contribution in [-0.4, -0.2) is 46.2 Å². The number of aromatic nitrogens is 3. The Kier molecular flexibility index (Phi) is 7.24. The lowest BCUT2D eigenvalue weighted by molar-refractivity contribution is -0.161. The van der Waals surface area contributed by atoms with Crippen molar-refractivity contribution in [2.75, 3.05) is 19.2 Å². The highest BCUT2D eigenvalue weighted by molar-refractivity contribution is 6.36. The highest BCUT2D eigenvalue weighted by atomic mass is 35.5. The van der Waals surface area contributed by atoms with Gasteiger partial charge in [0.15, 0.2) is 11.5 Å². The van der Waals surface area contributed by atoms with Crippen LogP contribution in [0.3, 0.4) is 0 Å². The molecule has 0 spiro atoms. The Bertz CT molecular complexity index is 1210. The van der Waals surface area contributed by atoms with Crippen molar-refractivity contribution < 1.29 is 23.9 Å². The summed E-state index contributed by atoms with van der Waals surface area (Å²) in [4.78, 5) is 41.3. The quantitative estimate of drug-likeness (QED) is 0.296. The molecule has 0 radical (unpaired) electrons. The van der Waals surface area contributed by atoms with Crippen molar-refractivity contribution in [1.29, 1.82) is 0 Å². The summed E-state index contributed by atoms with van der Waals surface area (Å²) in [6.07, 6.45) is 2.76. The fraction of sp³-hybridized carbons (Fsp3) is 0.318. The average Bonchev–Trinajstić information content (AvgIpc) is 3.20. The van der Waals surface area contributed by atoms with Gasteiger partial charge in [0.25, 0.3) is 0 Å². The Morgan fingerprint density at radius 3 is 2.36 bits per heavy atom. The van der Waals surface area contributed by atoms with Gasteiger partial charge in [-0.15, -0.1) is 0 Å². The fourth-order valence-electron chi connectivity index (χ4n) is 2.89. The van der Waals surface area contributed by atoms with Gasteiger partial charge in [-0.25, -0.2) is 9.31 Å². The van der Waals surface area contributed by atoms with Gasteiger partial charge in [0.2, 0.25) is 6.79 Å². The molecule has 3 rings (SSSR count). The van der Waals surface area contributed by atoms with Gasteiger partial charge in [-0.2, -0.15) is 5.10 Å². The predicted molar refractivity (Wildman–Crippen MR) is 123 cm³/mol. The molecular weight excluding hydrogens is 471 g/mol. The molecule has 0 saturated carbocycles. The van der Waals surface area contributed by atoms with Crippen LogP contribution in [0.1, 0.15) is 47.2 Å². The first-order valence-electron chi connectivity index (χ1n) is 9.89. The second-order valence-corrected chi connectivity index (χ2v) is 8.94. The molecule has 11 heteroatoms. The molecule has 0 aliphatic heterocycles. The van der Waals surface area contributed by atoms with E-state index in [2.05, 4.69) is 15.4 Å². The average molecular weight is 493 g/mol. The van der Waals surface area contributed by atoms with Crippen LogP contribution in [0.4, 0.5) is 5.82 Å². The van der Waals surface area contributed by atoms with E-state index in [1.54, 1.807) is 40.0 Å². The van der Waals surface area contributed by atoms with Gasteiger partial charge in [0.05, 0.1) is 21.0 Å². The Labute approximate surface area is 200 Å². The number of carbonyl (C=O) groups excluding carboxylic acids is 3. The van der Waals surface area contributed by atoms with Crippen molar-refractivity contribution in [2.45, 2.75) is 27.2 Å². The second kappa shape index (κ2) is 9.76. The number of halogens is 2. The number of ether oxygens (including phenoxy) is 2. The van der Waals surface area contributed by atoms with Crippen LogP contribution < -0.4 is 5.32 Å². The molecule has 174 valence electrons. The van der Waals surface area contributed by atoms with Crippen molar-refractivity contribution in [1.82, 2.24) is 14.6 Å². The lowest BCUT2D eigenvalue weighted by Crippen LogP contribution is -2.24. The third kappa shape index (κ3) is 5.43. The SMILES string of the molecule is CNc1ccc(C(=O)Cc2c(Cl)cncc2Cl)c2cc(C(=O)OCOC(=O)C(C)(C)C)nn12. The number of carbonyl (C=O) groups is 3. The lowest BCUT2D eigenvalue weighted by atomic mass is 9.98. The molecule has 0 fully saturated rings. The maximum atomic E-state index is 13.1. The van der Waals surface area contributed by atoms with E-state index in [9.17, 15) is 14.4 Å². The zero-order valence-electron chi connectivity index (χ0n) is 18.4. The minimum atomic E-state index is -0.805. The molecule has 3 heterocycles. The van der Waals surface area contributed by atoms with Crippen LogP contribution >= 0.6 is 23.2 Å². The van der Waals surface area contributed by atoms with Crippen LogP contribution in [-0.2, 0) is 20.7 Å². The highest BCUT2D eigenvalue weighted by Crippen LogP contribution is 2.26. The van der Waals surface area contributed by atoms with E-state index in [4.69, 9.17) is 32.7 Å². The summed E-state index contributed by atoms with van der Waals surface area (Å²) < 4.78 is 11.4. The Morgan fingerprint density at radius 1 is 1.09 bits per heavy atom. The summed E-state index contributed by atoms with van der Waals surface area (Å²) in [5, 5.41) is 7.75. The topological polar surface area (TPSA) is 112 Å². The van der Waals surface area contributed by atoms with Crippen molar-refractivity contribution in [3.63, 3.8) is 0 Å². The Hall–Kier alpha value is -3.17. The minimum Gasteiger partial charge on any atom is -0.427 e. The number of nitrogens with zero attached hydrogens (tertiary/aromatic N) is 3. The summed E-state index contributed by atoms with van der Waals surface area (Å²) in [6.45, 7) is 4.50. The molecule has 9 nitrogen and oxygen atoms in total. The first-order chi connectivity index (χ1) is 15.5. The zero-order chi connectivity index (χ0) is 24.3. The molecule has 0 amide bonds. The number of rotatable bonds is 7. The van der Waals surface area contributed by atoms with Crippen LogP contribution in [0, 0.1) is 5.41 Å². The molecule has 3 aromatic heterocycles. The maximum Gasteiger partial charge on any atom is 0.361 e. The van der Waals surface area contributed by atoms with Crippen LogP contribution in [0.2, 0.25) is 10.0 Å².